The SMILES string of the molecule is COc1cc(-c2cnc(C(=O)N3CCCCC3)s2)ccc1O. The van der Waals surface area contributed by atoms with Gasteiger partial charge in [0.05, 0.1) is 12.0 Å². The zero-order valence-electron chi connectivity index (χ0n) is 12.4. The van der Waals surface area contributed by atoms with E-state index in [1.807, 2.05) is 4.90 Å². The number of nitrogens with zero attached hydrogens (tertiary/aromatic N) is 2. The number of carbonyl (C=O) groups is 1. The van der Waals surface area contributed by atoms with Gasteiger partial charge in [-0.3, -0.25) is 4.79 Å². The molecule has 1 aliphatic rings. The Hall–Kier alpha value is -2.08. The van der Waals surface area contributed by atoms with E-state index in [9.17, 15) is 9.90 Å². The Kier molecular flexibility index (Phi) is 4.29. The van der Waals surface area contributed by atoms with E-state index in [0.29, 0.717) is 10.8 Å². The number of benzene rings is 1. The van der Waals surface area contributed by atoms with Crippen LogP contribution < -0.4 is 4.74 Å². The molecule has 1 N–H and O–H groups in total. The molecule has 1 fully saturated rings. The van der Waals surface area contributed by atoms with Crippen molar-refractivity contribution in [2.75, 3.05) is 20.2 Å². The van der Waals surface area contributed by atoms with Gasteiger partial charge in [0.15, 0.2) is 16.5 Å². The topological polar surface area (TPSA) is 62.7 Å². The summed E-state index contributed by atoms with van der Waals surface area (Å²) in [5, 5.41) is 10.2. The fraction of sp³-hybridized carbons (Fsp3) is 0.375. The van der Waals surface area contributed by atoms with Gasteiger partial charge in [-0.05, 0) is 43.0 Å². The lowest BCUT2D eigenvalue weighted by Crippen LogP contribution is -2.35. The number of piperidine rings is 1. The maximum absolute atomic E-state index is 12.4. The van der Waals surface area contributed by atoms with Gasteiger partial charge < -0.3 is 14.7 Å². The Morgan fingerprint density at radius 3 is 2.82 bits per heavy atom. The van der Waals surface area contributed by atoms with Crippen LogP contribution in [0.1, 0.15) is 29.1 Å². The highest BCUT2D eigenvalue weighted by Gasteiger charge is 2.21. The van der Waals surface area contributed by atoms with Crippen molar-refractivity contribution in [1.82, 2.24) is 9.88 Å². The summed E-state index contributed by atoms with van der Waals surface area (Å²) in [5.41, 5.74) is 0.879. The fourth-order valence-corrected chi connectivity index (χ4v) is 3.45. The number of amides is 1. The maximum atomic E-state index is 12.4. The number of phenols is 1. The second-order valence-electron chi connectivity index (χ2n) is 5.27. The molecule has 22 heavy (non-hydrogen) atoms. The van der Waals surface area contributed by atoms with Crippen LogP contribution in [-0.2, 0) is 0 Å². The highest BCUT2D eigenvalue weighted by Crippen LogP contribution is 2.34. The molecule has 2 aromatic rings. The minimum atomic E-state index is 0.0155. The van der Waals surface area contributed by atoms with E-state index < -0.39 is 0 Å². The van der Waals surface area contributed by atoms with Crippen LogP contribution in [0.2, 0.25) is 0 Å². The minimum Gasteiger partial charge on any atom is -0.504 e. The monoisotopic (exact) mass is 318 g/mol. The average molecular weight is 318 g/mol. The summed E-state index contributed by atoms with van der Waals surface area (Å²) in [7, 11) is 1.51. The molecule has 0 bridgehead atoms. The molecule has 116 valence electrons. The number of likely N-dealkylation sites (tertiary alicyclic amines) is 1. The largest absolute Gasteiger partial charge is 0.504 e. The summed E-state index contributed by atoms with van der Waals surface area (Å²) in [4.78, 5) is 19.5. The quantitative estimate of drug-likeness (QED) is 0.944. The summed E-state index contributed by atoms with van der Waals surface area (Å²) in [6.45, 7) is 1.64. The third-order valence-electron chi connectivity index (χ3n) is 3.80. The van der Waals surface area contributed by atoms with Crippen LogP contribution in [0.5, 0.6) is 11.5 Å². The number of methoxy groups -OCH3 is 1. The molecule has 0 atom stereocenters. The van der Waals surface area contributed by atoms with E-state index in [4.69, 9.17) is 4.74 Å². The van der Waals surface area contributed by atoms with Gasteiger partial charge in [0, 0.05) is 19.3 Å². The molecular formula is C16H18N2O3S. The molecule has 3 rings (SSSR count). The van der Waals surface area contributed by atoms with Crippen LogP contribution in [-0.4, -0.2) is 41.1 Å². The van der Waals surface area contributed by atoms with Crippen LogP contribution in [0, 0.1) is 0 Å². The number of ether oxygens (including phenoxy) is 1. The Bertz CT molecular complexity index is 678. The van der Waals surface area contributed by atoms with Gasteiger partial charge in [-0.25, -0.2) is 4.98 Å². The maximum Gasteiger partial charge on any atom is 0.282 e. The third kappa shape index (κ3) is 2.92. The molecule has 0 saturated carbocycles. The Balaban J connectivity index is 1.82. The Labute approximate surface area is 133 Å². The smallest absolute Gasteiger partial charge is 0.282 e. The number of rotatable bonds is 3. The van der Waals surface area contributed by atoms with Gasteiger partial charge in [-0.15, -0.1) is 11.3 Å². The number of thiazole rings is 1. The van der Waals surface area contributed by atoms with Crippen molar-refractivity contribution < 1.29 is 14.6 Å². The highest BCUT2D eigenvalue weighted by atomic mass is 32.1. The summed E-state index contributed by atoms with van der Waals surface area (Å²) in [6.07, 6.45) is 5.03. The van der Waals surface area contributed by atoms with E-state index in [2.05, 4.69) is 4.98 Å². The normalized spacial score (nSPS) is 14.9. The standard InChI is InChI=1S/C16H18N2O3S/c1-21-13-9-11(5-6-12(13)19)14-10-17-15(22-14)16(20)18-7-3-2-4-8-18/h5-6,9-10,19H,2-4,7-8H2,1H3. The lowest BCUT2D eigenvalue weighted by molar-refractivity contribution is 0.0724. The van der Waals surface area contributed by atoms with Gasteiger partial charge >= 0.3 is 0 Å². The second-order valence-corrected chi connectivity index (χ2v) is 6.30. The van der Waals surface area contributed by atoms with Gasteiger partial charge in [-0.2, -0.15) is 0 Å². The number of carbonyl (C=O) groups excluding carboxylic acids is 1. The third-order valence-corrected chi connectivity index (χ3v) is 4.83. The van der Waals surface area contributed by atoms with E-state index in [0.717, 1.165) is 36.4 Å². The molecule has 1 aliphatic heterocycles. The molecule has 0 aliphatic carbocycles. The first-order chi connectivity index (χ1) is 10.7. The van der Waals surface area contributed by atoms with Crippen LogP contribution in [0.4, 0.5) is 0 Å². The van der Waals surface area contributed by atoms with Crippen LogP contribution in [0.25, 0.3) is 10.4 Å². The van der Waals surface area contributed by atoms with Crippen molar-refractivity contribution in [3.63, 3.8) is 0 Å². The summed E-state index contributed by atoms with van der Waals surface area (Å²) >= 11 is 1.37. The lowest BCUT2D eigenvalue weighted by atomic mass is 10.1. The van der Waals surface area contributed by atoms with Crippen molar-refractivity contribution in [2.45, 2.75) is 19.3 Å². The molecule has 1 saturated heterocycles. The molecular weight excluding hydrogens is 300 g/mol. The Morgan fingerprint density at radius 2 is 2.09 bits per heavy atom. The molecule has 0 spiro atoms. The van der Waals surface area contributed by atoms with E-state index in [-0.39, 0.29) is 11.7 Å². The summed E-state index contributed by atoms with van der Waals surface area (Å²) < 4.78 is 5.12. The molecule has 1 amide bonds. The number of phenolic OH excluding ortho intramolecular Hbond substituents is 1. The first-order valence-corrected chi connectivity index (χ1v) is 8.13. The molecule has 0 radical (unpaired) electrons. The molecule has 1 aromatic heterocycles. The van der Waals surface area contributed by atoms with E-state index in [1.54, 1.807) is 24.4 Å². The van der Waals surface area contributed by atoms with Gasteiger partial charge in [-0.1, -0.05) is 0 Å². The zero-order chi connectivity index (χ0) is 15.5. The van der Waals surface area contributed by atoms with Crippen molar-refractivity contribution in [2.24, 2.45) is 0 Å². The molecule has 2 heterocycles. The lowest BCUT2D eigenvalue weighted by Gasteiger charge is -2.25. The number of aromatic hydroxyl groups is 1. The molecule has 0 unspecified atom stereocenters. The van der Waals surface area contributed by atoms with Crippen molar-refractivity contribution in [1.29, 1.82) is 0 Å². The zero-order valence-corrected chi connectivity index (χ0v) is 13.2. The molecule has 5 nitrogen and oxygen atoms in total. The van der Waals surface area contributed by atoms with Crippen LogP contribution >= 0.6 is 11.3 Å². The second kappa shape index (κ2) is 6.36. The van der Waals surface area contributed by atoms with E-state index in [1.165, 1.54) is 24.9 Å². The minimum absolute atomic E-state index is 0.0155. The Morgan fingerprint density at radius 1 is 1.32 bits per heavy atom. The first-order valence-electron chi connectivity index (χ1n) is 7.31. The highest BCUT2D eigenvalue weighted by molar-refractivity contribution is 7.16. The van der Waals surface area contributed by atoms with Gasteiger partial charge in [0.2, 0.25) is 0 Å². The molecule has 6 heteroatoms. The number of hydrogen-bond acceptors (Lipinski definition) is 5. The summed E-state index contributed by atoms with van der Waals surface area (Å²) in [5.74, 6) is 0.525. The first kappa shape index (κ1) is 14.8. The number of hydrogen-bond donors (Lipinski definition) is 1. The van der Waals surface area contributed by atoms with Crippen molar-refractivity contribution in [3.05, 3.63) is 29.4 Å². The number of aromatic nitrogens is 1. The van der Waals surface area contributed by atoms with Gasteiger partial charge in [0.25, 0.3) is 5.91 Å². The van der Waals surface area contributed by atoms with Crippen molar-refractivity contribution >= 4 is 17.2 Å². The predicted molar refractivity (Wildman–Crippen MR) is 85.5 cm³/mol. The predicted octanol–water partition coefficient (Wildman–Crippen LogP) is 3.15. The van der Waals surface area contributed by atoms with Gasteiger partial charge in [0.1, 0.15) is 0 Å². The van der Waals surface area contributed by atoms with Crippen LogP contribution in [0.15, 0.2) is 24.4 Å². The van der Waals surface area contributed by atoms with E-state index >= 15 is 0 Å². The summed E-state index contributed by atoms with van der Waals surface area (Å²) in [6, 6.07) is 5.12. The van der Waals surface area contributed by atoms with Crippen LogP contribution in [0.3, 0.4) is 0 Å². The fourth-order valence-electron chi connectivity index (χ4n) is 2.57. The average Bonchev–Trinajstić information content (AvgIpc) is 3.05. The molecule has 1 aromatic carbocycles. The van der Waals surface area contributed by atoms with Crippen molar-refractivity contribution in [3.8, 4) is 21.9 Å².